The molecule has 1 heterocycles. The number of amides is 2. The highest BCUT2D eigenvalue weighted by atomic mass is 32.2. The van der Waals surface area contributed by atoms with Crippen LogP contribution in [0.1, 0.15) is 27.3 Å². The maximum Gasteiger partial charge on any atom is 0.251 e. The van der Waals surface area contributed by atoms with Crippen molar-refractivity contribution in [1.29, 1.82) is 0 Å². The number of thioether (sulfide) groups is 1. The zero-order valence-electron chi connectivity index (χ0n) is 13.8. The Bertz CT molecular complexity index is 718. The van der Waals surface area contributed by atoms with Crippen molar-refractivity contribution in [2.45, 2.75) is 26.3 Å². The Hall–Kier alpha value is -1.93. The average molecular weight is 364 g/mol. The molecule has 2 aromatic rings. The molecule has 0 saturated heterocycles. The topological polar surface area (TPSA) is 84.0 Å². The van der Waals surface area contributed by atoms with E-state index in [1.54, 1.807) is 23.9 Å². The predicted molar refractivity (Wildman–Crippen MR) is 98.7 cm³/mol. The third-order valence-electron chi connectivity index (χ3n) is 3.27. The molecule has 1 aromatic carbocycles. The zero-order valence-corrected chi connectivity index (χ0v) is 15.5. The van der Waals surface area contributed by atoms with Gasteiger partial charge in [-0.05, 0) is 44.4 Å². The van der Waals surface area contributed by atoms with Gasteiger partial charge in [-0.2, -0.15) is 11.8 Å². The third-order valence-corrected chi connectivity index (χ3v) is 4.67. The highest BCUT2D eigenvalue weighted by Crippen LogP contribution is 2.15. The lowest BCUT2D eigenvalue weighted by atomic mass is 10.1. The number of nitrogens with one attached hydrogen (secondary N) is 2. The number of carbonyl (C=O) groups is 2. The summed E-state index contributed by atoms with van der Waals surface area (Å²) in [7, 11) is 0. The highest BCUT2D eigenvalue weighted by Gasteiger charge is 2.22. The number of hydrogen-bond acceptors (Lipinski definition) is 6. The summed E-state index contributed by atoms with van der Waals surface area (Å²) in [6.45, 7) is 3.74. The van der Waals surface area contributed by atoms with Gasteiger partial charge in [0.1, 0.15) is 11.0 Å². The molecule has 0 spiro atoms. The lowest BCUT2D eigenvalue weighted by molar-refractivity contribution is -0.118. The maximum atomic E-state index is 12.5. The summed E-state index contributed by atoms with van der Waals surface area (Å²) in [5, 5.41) is 14.5. The predicted octanol–water partition coefficient (Wildman–Crippen LogP) is 2.65. The molecule has 2 rings (SSSR count). The second kappa shape index (κ2) is 8.79. The van der Waals surface area contributed by atoms with Crippen molar-refractivity contribution >= 4 is 40.0 Å². The Morgan fingerprint density at radius 2 is 2.08 bits per heavy atom. The van der Waals surface area contributed by atoms with E-state index in [0.29, 0.717) is 17.1 Å². The van der Waals surface area contributed by atoms with Crippen LogP contribution in [0.4, 0.5) is 5.13 Å². The van der Waals surface area contributed by atoms with E-state index in [-0.39, 0.29) is 11.8 Å². The van der Waals surface area contributed by atoms with Crippen LogP contribution in [0.2, 0.25) is 0 Å². The summed E-state index contributed by atoms with van der Waals surface area (Å²) >= 11 is 2.93. The van der Waals surface area contributed by atoms with Crippen molar-refractivity contribution in [2.75, 3.05) is 17.3 Å². The summed E-state index contributed by atoms with van der Waals surface area (Å²) in [4.78, 5) is 24.9. The molecule has 0 aliphatic rings. The molecule has 2 amide bonds. The standard InChI is InChI=1S/C16H20N4O2S2/c1-10-5-4-6-12(9-10)14(21)17-13(7-8-23-3)15(22)18-16-20-19-11(2)24-16/h4-6,9,13H,7-8H2,1-3H3,(H,17,21)(H,18,20,22). The van der Waals surface area contributed by atoms with Crippen molar-refractivity contribution in [3.05, 3.63) is 40.4 Å². The molecule has 1 unspecified atom stereocenters. The minimum absolute atomic E-state index is 0.256. The van der Waals surface area contributed by atoms with Crippen molar-refractivity contribution in [3.8, 4) is 0 Å². The van der Waals surface area contributed by atoms with Gasteiger partial charge in [-0.15, -0.1) is 10.2 Å². The molecule has 1 aromatic heterocycles. The van der Waals surface area contributed by atoms with E-state index in [4.69, 9.17) is 0 Å². The van der Waals surface area contributed by atoms with Gasteiger partial charge in [0.25, 0.3) is 5.91 Å². The van der Waals surface area contributed by atoms with Gasteiger partial charge in [0, 0.05) is 5.56 Å². The van der Waals surface area contributed by atoms with Crippen molar-refractivity contribution in [1.82, 2.24) is 15.5 Å². The van der Waals surface area contributed by atoms with Crippen molar-refractivity contribution in [2.24, 2.45) is 0 Å². The first-order valence-corrected chi connectivity index (χ1v) is 9.68. The Morgan fingerprint density at radius 3 is 2.71 bits per heavy atom. The Labute approximate surface area is 149 Å². The van der Waals surface area contributed by atoms with Gasteiger partial charge in [0.05, 0.1) is 0 Å². The van der Waals surface area contributed by atoms with E-state index in [1.165, 1.54) is 11.3 Å². The molecule has 0 saturated carbocycles. The Kier molecular flexibility index (Phi) is 6.74. The fourth-order valence-corrected chi connectivity index (χ4v) is 3.14. The summed E-state index contributed by atoms with van der Waals surface area (Å²) < 4.78 is 0. The van der Waals surface area contributed by atoms with Crippen LogP contribution in [0.25, 0.3) is 0 Å². The van der Waals surface area contributed by atoms with Crippen LogP contribution >= 0.6 is 23.1 Å². The van der Waals surface area contributed by atoms with Gasteiger partial charge < -0.3 is 5.32 Å². The highest BCUT2D eigenvalue weighted by molar-refractivity contribution is 7.98. The van der Waals surface area contributed by atoms with Gasteiger partial charge in [-0.3, -0.25) is 14.9 Å². The summed E-state index contributed by atoms with van der Waals surface area (Å²) in [6.07, 6.45) is 2.51. The van der Waals surface area contributed by atoms with Crippen LogP contribution in [0.5, 0.6) is 0 Å². The lowest BCUT2D eigenvalue weighted by Crippen LogP contribution is -2.44. The van der Waals surface area contributed by atoms with Gasteiger partial charge in [0.15, 0.2) is 0 Å². The summed E-state index contributed by atoms with van der Waals surface area (Å²) in [5.74, 6) is 0.232. The largest absolute Gasteiger partial charge is 0.340 e. The molecule has 128 valence electrons. The van der Waals surface area contributed by atoms with Gasteiger partial charge >= 0.3 is 0 Å². The molecule has 0 radical (unpaired) electrons. The molecule has 6 nitrogen and oxygen atoms in total. The molecule has 1 atom stereocenters. The second-order valence-corrected chi connectivity index (χ2v) is 7.46. The first-order chi connectivity index (χ1) is 11.5. The van der Waals surface area contributed by atoms with Crippen LogP contribution in [-0.4, -0.2) is 40.1 Å². The van der Waals surface area contributed by atoms with Crippen LogP contribution in [0.3, 0.4) is 0 Å². The molecule has 0 aliphatic heterocycles. The summed E-state index contributed by atoms with van der Waals surface area (Å²) in [6, 6.07) is 6.67. The average Bonchev–Trinajstić information content (AvgIpc) is 2.96. The molecule has 0 aliphatic carbocycles. The molecule has 0 fully saturated rings. The second-order valence-electron chi connectivity index (χ2n) is 5.29. The first kappa shape index (κ1) is 18.4. The number of hydrogen-bond donors (Lipinski definition) is 2. The number of aryl methyl sites for hydroxylation is 2. The minimum atomic E-state index is -0.616. The van der Waals surface area contributed by atoms with Crippen LogP contribution in [-0.2, 0) is 4.79 Å². The molecule has 24 heavy (non-hydrogen) atoms. The molecule has 0 bridgehead atoms. The van der Waals surface area contributed by atoms with Gasteiger partial charge in [-0.1, -0.05) is 29.0 Å². The third kappa shape index (κ3) is 5.31. The van der Waals surface area contributed by atoms with E-state index < -0.39 is 6.04 Å². The minimum Gasteiger partial charge on any atom is -0.340 e. The van der Waals surface area contributed by atoms with Gasteiger partial charge in [-0.25, -0.2) is 0 Å². The normalized spacial score (nSPS) is 11.8. The molecule has 8 heteroatoms. The Balaban J connectivity index is 2.06. The molecule has 2 N–H and O–H groups in total. The number of nitrogens with zero attached hydrogens (tertiary/aromatic N) is 2. The molecular weight excluding hydrogens is 344 g/mol. The number of carbonyl (C=O) groups excluding carboxylic acids is 2. The van der Waals surface area contributed by atoms with E-state index >= 15 is 0 Å². The maximum absolute atomic E-state index is 12.5. The SMILES string of the molecule is CSCCC(NC(=O)c1cccc(C)c1)C(=O)Nc1nnc(C)s1. The fourth-order valence-electron chi connectivity index (χ4n) is 2.07. The molecular formula is C16H20N4O2S2. The van der Waals surface area contributed by atoms with Crippen LogP contribution < -0.4 is 10.6 Å². The van der Waals surface area contributed by atoms with Crippen LogP contribution in [0, 0.1) is 13.8 Å². The summed E-state index contributed by atoms with van der Waals surface area (Å²) in [5.41, 5.74) is 1.54. The smallest absolute Gasteiger partial charge is 0.251 e. The van der Waals surface area contributed by atoms with E-state index in [1.807, 2.05) is 32.2 Å². The van der Waals surface area contributed by atoms with Crippen LogP contribution in [0.15, 0.2) is 24.3 Å². The number of aromatic nitrogens is 2. The number of rotatable bonds is 7. The first-order valence-electron chi connectivity index (χ1n) is 7.47. The Morgan fingerprint density at radius 1 is 1.29 bits per heavy atom. The van der Waals surface area contributed by atoms with E-state index in [0.717, 1.165) is 16.3 Å². The van der Waals surface area contributed by atoms with E-state index in [2.05, 4.69) is 20.8 Å². The van der Waals surface area contributed by atoms with Gasteiger partial charge in [0.2, 0.25) is 11.0 Å². The quantitative estimate of drug-likeness (QED) is 0.789. The van der Waals surface area contributed by atoms with Crippen molar-refractivity contribution in [3.63, 3.8) is 0 Å². The monoisotopic (exact) mass is 364 g/mol. The fraction of sp³-hybridized carbons (Fsp3) is 0.375. The lowest BCUT2D eigenvalue weighted by Gasteiger charge is -2.17. The van der Waals surface area contributed by atoms with Crippen molar-refractivity contribution < 1.29 is 9.59 Å². The van der Waals surface area contributed by atoms with E-state index in [9.17, 15) is 9.59 Å². The number of anilines is 1. The number of benzene rings is 1. The zero-order chi connectivity index (χ0) is 17.5.